The predicted octanol–water partition coefficient (Wildman–Crippen LogP) is -2.31. The Morgan fingerprint density at radius 3 is 0.765 bits per heavy atom. The zero-order valence-corrected chi connectivity index (χ0v) is 13.3. The second-order valence-corrected chi connectivity index (χ2v) is 7.17. The highest BCUT2D eigenvalue weighted by atomic mass is 28.4. The van der Waals surface area contributed by atoms with Gasteiger partial charge in [0.05, 0.1) is 0 Å². The van der Waals surface area contributed by atoms with Crippen LogP contribution in [-0.2, 0) is 0 Å². The summed E-state index contributed by atoms with van der Waals surface area (Å²) in [7, 11) is 13.4. The van der Waals surface area contributed by atoms with Gasteiger partial charge in [0.2, 0.25) is 0 Å². The van der Waals surface area contributed by atoms with Gasteiger partial charge in [-0.3, -0.25) is 20.0 Å². The van der Waals surface area contributed by atoms with E-state index in [0.29, 0.717) is 0 Å². The van der Waals surface area contributed by atoms with E-state index < -0.39 is 8.72 Å². The van der Waals surface area contributed by atoms with Crippen LogP contribution in [0.25, 0.3) is 0 Å². The van der Waals surface area contributed by atoms with E-state index in [2.05, 4.69) is 20.4 Å². The Labute approximate surface area is 106 Å². The summed E-state index contributed by atoms with van der Waals surface area (Å²) < 4.78 is 0. The summed E-state index contributed by atoms with van der Waals surface area (Å²) in [5.74, 6) is 0. The molecule has 0 heterocycles. The van der Waals surface area contributed by atoms with E-state index in [0.717, 1.165) is 0 Å². The molecule has 17 heavy (non-hydrogen) atoms. The molecule has 0 aromatic rings. The largest absolute Gasteiger partial charge is 0.421 e. The SMILES string of the molecule is CN(C)N[Si](NN(C)C)(NN(C)C)NN(C)C. The van der Waals surface area contributed by atoms with Gasteiger partial charge in [0.1, 0.15) is 0 Å². The van der Waals surface area contributed by atoms with Crippen LogP contribution in [0.3, 0.4) is 0 Å². The highest BCUT2D eigenvalue weighted by molar-refractivity contribution is 6.69. The van der Waals surface area contributed by atoms with Crippen molar-refractivity contribution in [2.45, 2.75) is 0 Å². The Kier molecular flexibility index (Phi) is 7.31. The van der Waals surface area contributed by atoms with Crippen LogP contribution < -0.4 is 20.4 Å². The van der Waals surface area contributed by atoms with Gasteiger partial charge in [-0.05, 0) is 0 Å². The fraction of sp³-hybridized carbons (Fsp3) is 1.00. The van der Waals surface area contributed by atoms with Gasteiger partial charge in [-0.25, -0.2) is 20.4 Å². The van der Waals surface area contributed by atoms with Crippen molar-refractivity contribution < 1.29 is 0 Å². The van der Waals surface area contributed by atoms with E-state index in [1.807, 2.05) is 76.4 Å². The fourth-order valence-corrected chi connectivity index (χ4v) is 4.47. The Bertz CT molecular complexity index is 162. The molecule has 8 nitrogen and oxygen atoms in total. The molecule has 0 spiro atoms. The van der Waals surface area contributed by atoms with Crippen LogP contribution in [0.5, 0.6) is 0 Å². The molecule has 0 aromatic heterocycles. The molecule has 9 heteroatoms. The minimum Gasteiger partial charge on any atom is -0.254 e. The minimum atomic E-state index is -2.34. The van der Waals surface area contributed by atoms with Crippen molar-refractivity contribution in [2.24, 2.45) is 0 Å². The van der Waals surface area contributed by atoms with E-state index in [-0.39, 0.29) is 0 Å². The lowest BCUT2D eigenvalue weighted by molar-refractivity contribution is 0.229. The first-order valence-electron chi connectivity index (χ1n) is 5.47. The van der Waals surface area contributed by atoms with Gasteiger partial charge in [-0.2, -0.15) is 0 Å². The normalized spacial score (nSPS) is 13.4. The van der Waals surface area contributed by atoms with Crippen molar-refractivity contribution in [1.82, 2.24) is 40.4 Å². The molecule has 4 N–H and O–H groups in total. The molecule has 0 aliphatic rings. The van der Waals surface area contributed by atoms with Crippen molar-refractivity contribution in [3.8, 4) is 0 Å². The number of hydrogen-bond acceptors (Lipinski definition) is 8. The smallest absolute Gasteiger partial charge is 0.254 e. The maximum atomic E-state index is 3.40. The molecular weight excluding hydrogens is 236 g/mol. The average Bonchev–Trinajstić information content (AvgIpc) is 1.95. The molecule has 0 rings (SSSR count). The van der Waals surface area contributed by atoms with Crippen LogP contribution in [0.1, 0.15) is 0 Å². The molecule has 0 saturated heterocycles. The Hall–Kier alpha value is -0.103. The van der Waals surface area contributed by atoms with Crippen LogP contribution in [0.4, 0.5) is 0 Å². The zero-order valence-electron chi connectivity index (χ0n) is 12.3. The number of hydrazine groups is 4. The highest BCUT2D eigenvalue weighted by Gasteiger charge is 2.38. The third-order valence-electron chi connectivity index (χ3n) is 1.57. The molecule has 104 valence electrons. The fourth-order valence-electron chi connectivity index (χ4n) is 1.49. The van der Waals surface area contributed by atoms with E-state index in [1.165, 1.54) is 0 Å². The summed E-state index contributed by atoms with van der Waals surface area (Å²) in [5.41, 5.74) is 0. The number of hydrogen-bond donors (Lipinski definition) is 4. The van der Waals surface area contributed by atoms with Gasteiger partial charge >= 0.3 is 8.72 Å². The molecule has 0 bridgehead atoms. The topological polar surface area (TPSA) is 61.1 Å². The van der Waals surface area contributed by atoms with Gasteiger partial charge < -0.3 is 0 Å². The molecule has 0 unspecified atom stereocenters. The quantitative estimate of drug-likeness (QED) is 0.288. The second kappa shape index (κ2) is 7.36. The maximum Gasteiger partial charge on any atom is 0.421 e. The third-order valence-corrected chi connectivity index (χ3v) is 4.70. The van der Waals surface area contributed by atoms with Crippen molar-refractivity contribution in [3.63, 3.8) is 0 Å². The lowest BCUT2D eigenvalue weighted by atomic mass is 11.2. The molecule has 0 atom stereocenters. The van der Waals surface area contributed by atoms with Crippen LogP contribution >= 0.6 is 0 Å². The molecule has 0 aliphatic heterocycles. The molecule has 0 aliphatic carbocycles. The summed E-state index contributed by atoms with van der Waals surface area (Å²) in [4.78, 5) is 0. The molecule has 0 saturated carbocycles. The maximum absolute atomic E-state index is 3.40. The number of nitrogens with one attached hydrogen (secondary N) is 4. The molecular formula is C8H28N8Si. The molecule has 0 aromatic carbocycles. The number of rotatable bonds is 8. The first-order valence-corrected chi connectivity index (χ1v) is 7.47. The Balaban J connectivity index is 4.89. The van der Waals surface area contributed by atoms with Crippen molar-refractivity contribution in [1.29, 1.82) is 0 Å². The second-order valence-electron chi connectivity index (χ2n) is 4.77. The summed E-state index contributed by atoms with van der Waals surface area (Å²) in [6, 6.07) is 0. The van der Waals surface area contributed by atoms with Gasteiger partial charge in [0.15, 0.2) is 0 Å². The average molecular weight is 264 g/mol. The highest BCUT2D eigenvalue weighted by Crippen LogP contribution is 1.89. The van der Waals surface area contributed by atoms with E-state index in [9.17, 15) is 0 Å². The Morgan fingerprint density at radius 1 is 0.471 bits per heavy atom. The third kappa shape index (κ3) is 7.75. The molecule has 0 fully saturated rings. The van der Waals surface area contributed by atoms with E-state index in [1.54, 1.807) is 0 Å². The van der Waals surface area contributed by atoms with E-state index >= 15 is 0 Å². The van der Waals surface area contributed by atoms with Crippen LogP contribution in [0, 0.1) is 0 Å². The summed E-state index contributed by atoms with van der Waals surface area (Å²) in [5, 5.41) is 21.3. The first-order chi connectivity index (χ1) is 7.67. The lowest BCUT2D eigenvalue weighted by Gasteiger charge is -2.40. The summed E-state index contributed by atoms with van der Waals surface area (Å²) >= 11 is 0. The lowest BCUT2D eigenvalue weighted by Crippen LogP contribution is -2.87. The molecule has 0 radical (unpaired) electrons. The minimum absolute atomic E-state index is 1.93. The van der Waals surface area contributed by atoms with Crippen LogP contribution in [-0.4, -0.2) is 85.1 Å². The van der Waals surface area contributed by atoms with Gasteiger partial charge in [-0.15, -0.1) is 0 Å². The zero-order chi connectivity index (χ0) is 13.6. The first kappa shape index (κ1) is 16.9. The monoisotopic (exact) mass is 264 g/mol. The summed E-state index contributed by atoms with van der Waals surface area (Å²) in [6.45, 7) is 0. The van der Waals surface area contributed by atoms with Crippen LogP contribution in [0.2, 0.25) is 0 Å². The summed E-state index contributed by atoms with van der Waals surface area (Å²) in [6.07, 6.45) is 0. The van der Waals surface area contributed by atoms with Crippen molar-refractivity contribution in [3.05, 3.63) is 0 Å². The predicted molar refractivity (Wildman–Crippen MR) is 73.0 cm³/mol. The Morgan fingerprint density at radius 2 is 0.647 bits per heavy atom. The van der Waals surface area contributed by atoms with Crippen molar-refractivity contribution in [2.75, 3.05) is 56.4 Å². The van der Waals surface area contributed by atoms with Gasteiger partial charge in [0.25, 0.3) is 0 Å². The van der Waals surface area contributed by atoms with Gasteiger partial charge in [0, 0.05) is 56.4 Å². The van der Waals surface area contributed by atoms with Crippen LogP contribution in [0.15, 0.2) is 0 Å². The van der Waals surface area contributed by atoms with Gasteiger partial charge in [-0.1, -0.05) is 0 Å². The van der Waals surface area contributed by atoms with E-state index in [4.69, 9.17) is 0 Å². The molecule has 0 amide bonds. The van der Waals surface area contributed by atoms with Crippen molar-refractivity contribution >= 4 is 8.72 Å². The standard InChI is InChI=1S/C8H28N8Si/c1-13(2)9-17(10-14(3)4,11-15(5)6)12-16(7)8/h9-12H,1-8H3. The number of nitrogens with zero attached hydrogens (tertiary/aromatic N) is 4.